The fourth-order valence-corrected chi connectivity index (χ4v) is 3.29. The zero-order chi connectivity index (χ0) is 17.0. The first kappa shape index (κ1) is 17.3. The molecule has 1 heterocycles. The molecule has 0 spiro atoms. The van der Waals surface area contributed by atoms with Crippen LogP contribution >= 0.6 is 24.0 Å². The Bertz CT molecular complexity index is 686. The molecule has 8 heteroatoms. The minimum atomic E-state index is -1.22. The topological polar surface area (TPSA) is 78.9 Å². The summed E-state index contributed by atoms with van der Waals surface area (Å²) in [7, 11) is 3.08. The monoisotopic (exact) mass is 352 g/mol. The summed E-state index contributed by atoms with van der Waals surface area (Å²) in [5.74, 6) is -0.334. The molecule has 0 atom stereocenters. The van der Waals surface area contributed by atoms with Gasteiger partial charge in [-0.25, -0.2) is 0 Å². The molecule has 6 nitrogen and oxygen atoms in total. The van der Waals surface area contributed by atoms with Gasteiger partial charge in [-0.1, -0.05) is 24.0 Å². The number of benzene rings is 1. The third-order valence-electron chi connectivity index (χ3n) is 3.14. The maximum Gasteiger partial charge on any atom is 0.266 e. The van der Waals surface area contributed by atoms with E-state index >= 15 is 0 Å². The molecule has 0 radical (unpaired) electrons. The molecule has 1 saturated heterocycles. The van der Waals surface area contributed by atoms with E-state index in [4.69, 9.17) is 21.7 Å². The summed E-state index contributed by atoms with van der Waals surface area (Å²) in [5, 5.41) is 10.6. The number of hydrogen-bond donors (Lipinski definition) is 0. The Hall–Kier alpha value is -2.06. The molecule has 1 amide bonds. The molecule has 0 unspecified atom stereocenters. The molecule has 23 heavy (non-hydrogen) atoms. The van der Waals surface area contributed by atoms with E-state index in [1.807, 2.05) is 0 Å². The average molecular weight is 352 g/mol. The number of thiocarbonyl (C=S) groups is 1. The highest BCUT2D eigenvalue weighted by molar-refractivity contribution is 8.26. The molecule has 122 valence electrons. The lowest BCUT2D eigenvalue weighted by Gasteiger charge is -2.14. The predicted octanol–water partition coefficient (Wildman–Crippen LogP) is 1.04. The molecule has 0 bridgehead atoms. The van der Waals surface area contributed by atoms with Crippen LogP contribution in [0.15, 0.2) is 23.1 Å². The quantitative estimate of drug-likeness (QED) is 0.559. The second-order valence-corrected chi connectivity index (χ2v) is 6.24. The Labute approximate surface area is 143 Å². The first-order valence-electron chi connectivity index (χ1n) is 6.63. The van der Waals surface area contributed by atoms with Crippen molar-refractivity contribution in [1.29, 1.82) is 0 Å². The van der Waals surface area contributed by atoms with Crippen LogP contribution < -0.4 is 14.6 Å². The molecular weight excluding hydrogens is 338 g/mol. The van der Waals surface area contributed by atoms with E-state index in [-0.39, 0.29) is 18.9 Å². The Kier molecular flexibility index (Phi) is 5.62. The van der Waals surface area contributed by atoms with Crippen LogP contribution in [0.2, 0.25) is 0 Å². The van der Waals surface area contributed by atoms with E-state index < -0.39 is 5.97 Å². The normalized spacial score (nSPS) is 16.1. The second-order valence-electron chi connectivity index (χ2n) is 4.56. The first-order chi connectivity index (χ1) is 11.0. The van der Waals surface area contributed by atoms with Gasteiger partial charge in [-0.2, -0.15) is 0 Å². The van der Waals surface area contributed by atoms with Crippen molar-refractivity contribution in [2.45, 2.75) is 6.42 Å². The molecule has 0 aliphatic carbocycles. The average Bonchev–Trinajstić information content (AvgIpc) is 2.79. The van der Waals surface area contributed by atoms with Crippen molar-refractivity contribution < 1.29 is 24.2 Å². The van der Waals surface area contributed by atoms with Crippen LogP contribution in [0, 0.1) is 0 Å². The van der Waals surface area contributed by atoms with E-state index in [0.717, 1.165) is 11.8 Å². The van der Waals surface area contributed by atoms with Gasteiger partial charge < -0.3 is 19.4 Å². The molecule has 1 fully saturated rings. The smallest absolute Gasteiger partial charge is 0.266 e. The van der Waals surface area contributed by atoms with Crippen molar-refractivity contribution >= 4 is 46.3 Å². The molecule has 1 aliphatic heterocycles. The molecule has 1 aromatic rings. The van der Waals surface area contributed by atoms with Crippen molar-refractivity contribution in [3.8, 4) is 11.5 Å². The Morgan fingerprint density at radius 1 is 1.39 bits per heavy atom. The largest absolute Gasteiger partial charge is 0.550 e. The third-order valence-corrected chi connectivity index (χ3v) is 4.51. The summed E-state index contributed by atoms with van der Waals surface area (Å²) >= 11 is 6.25. The van der Waals surface area contributed by atoms with Crippen molar-refractivity contribution in [3.05, 3.63) is 28.7 Å². The maximum absolute atomic E-state index is 12.4. The third kappa shape index (κ3) is 4.02. The van der Waals surface area contributed by atoms with Crippen LogP contribution in [-0.2, 0) is 9.59 Å². The molecule has 1 aliphatic rings. The van der Waals surface area contributed by atoms with Gasteiger partial charge in [-0.05, 0) is 24.3 Å². The van der Waals surface area contributed by atoms with Crippen LogP contribution in [0.25, 0.3) is 6.08 Å². The van der Waals surface area contributed by atoms with Crippen LogP contribution in [-0.4, -0.2) is 41.9 Å². The fourth-order valence-electron chi connectivity index (χ4n) is 1.99. The summed E-state index contributed by atoms with van der Waals surface area (Å²) in [4.78, 5) is 24.6. The molecule has 0 saturated carbocycles. The minimum Gasteiger partial charge on any atom is -0.550 e. The van der Waals surface area contributed by atoms with Gasteiger partial charge in [0, 0.05) is 24.5 Å². The standard InChI is InChI=1S/C15H15NO5S2/c1-20-10-3-4-11(21-2)9(7-10)8-12-14(19)16(15(22)23-12)6-5-13(17)18/h3-4,7-8H,5-6H2,1-2H3,(H,17,18)/p-1/b12-8+. The van der Waals surface area contributed by atoms with Crippen molar-refractivity contribution in [3.63, 3.8) is 0 Å². The van der Waals surface area contributed by atoms with E-state index in [0.29, 0.717) is 26.3 Å². The lowest BCUT2D eigenvalue weighted by Crippen LogP contribution is -2.33. The Morgan fingerprint density at radius 2 is 2.13 bits per heavy atom. The summed E-state index contributed by atoms with van der Waals surface area (Å²) in [6.07, 6.45) is 1.39. The van der Waals surface area contributed by atoms with Gasteiger partial charge in [0.1, 0.15) is 15.8 Å². The molecule has 0 aromatic heterocycles. The Balaban J connectivity index is 2.28. The van der Waals surface area contributed by atoms with Crippen molar-refractivity contribution in [1.82, 2.24) is 4.90 Å². The lowest BCUT2D eigenvalue weighted by molar-refractivity contribution is -0.305. The number of aliphatic carboxylic acids is 1. The Morgan fingerprint density at radius 3 is 2.74 bits per heavy atom. The SMILES string of the molecule is COc1ccc(OC)c(/C=C2/SC(=S)N(CCC(=O)[O-])C2=O)c1. The molecular formula is C15H14NO5S2-. The predicted molar refractivity (Wildman–Crippen MR) is 89.0 cm³/mol. The summed E-state index contributed by atoms with van der Waals surface area (Å²) in [6, 6.07) is 5.23. The number of ether oxygens (including phenoxy) is 2. The zero-order valence-electron chi connectivity index (χ0n) is 12.5. The van der Waals surface area contributed by atoms with Crippen LogP contribution in [0.4, 0.5) is 0 Å². The highest BCUT2D eigenvalue weighted by Crippen LogP contribution is 2.35. The summed E-state index contributed by atoms with van der Waals surface area (Å²) < 4.78 is 10.8. The van der Waals surface area contributed by atoms with Gasteiger partial charge in [0.2, 0.25) is 0 Å². The highest BCUT2D eigenvalue weighted by atomic mass is 32.2. The van der Waals surface area contributed by atoms with E-state index in [2.05, 4.69) is 0 Å². The van der Waals surface area contributed by atoms with Crippen LogP contribution in [0.3, 0.4) is 0 Å². The second kappa shape index (κ2) is 7.47. The van der Waals surface area contributed by atoms with Crippen LogP contribution in [0.1, 0.15) is 12.0 Å². The molecule has 1 aromatic carbocycles. The number of nitrogens with zero attached hydrogens (tertiary/aromatic N) is 1. The fraction of sp³-hybridized carbons (Fsp3) is 0.267. The summed E-state index contributed by atoms with van der Waals surface area (Å²) in [6.45, 7) is -0.000411. The number of thioether (sulfide) groups is 1. The lowest BCUT2D eigenvalue weighted by atomic mass is 10.1. The summed E-state index contributed by atoms with van der Waals surface area (Å²) in [5.41, 5.74) is 0.673. The number of rotatable bonds is 6. The van der Waals surface area contributed by atoms with Gasteiger partial charge in [-0.15, -0.1) is 0 Å². The van der Waals surface area contributed by atoms with Crippen LogP contribution in [0.5, 0.6) is 11.5 Å². The number of amides is 1. The van der Waals surface area contributed by atoms with Gasteiger partial charge in [0.05, 0.1) is 19.1 Å². The van der Waals surface area contributed by atoms with Gasteiger partial charge in [-0.3, -0.25) is 9.69 Å². The van der Waals surface area contributed by atoms with Gasteiger partial charge in [0.15, 0.2) is 0 Å². The van der Waals surface area contributed by atoms with E-state index in [1.165, 1.54) is 12.0 Å². The molecule has 0 N–H and O–H groups in total. The highest BCUT2D eigenvalue weighted by Gasteiger charge is 2.31. The number of carbonyl (C=O) groups is 2. The van der Waals surface area contributed by atoms with Crippen molar-refractivity contribution in [2.75, 3.05) is 20.8 Å². The van der Waals surface area contributed by atoms with Gasteiger partial charge >= 0.3 is 0 Å². The number of methoxy groups -OCH3 is 2. The van der Waals surface area contributed by atoms with Crippen molar-refractivity contribution in [2.24, 2.45) is 0 Å². The number of hydrogen-bond acceptors (Lipinski definition) is 7. The zero-order valence-corrected chi connectivity index (χ0v) is 14.2. The number of carboxylic acids is 1. The molecule has 2 rings (SSSR count). The first-order valence-corrected chi connectivity index (χ1v) is 7.86. The minimum absolute atomic E-state index is 0.000411. The number of carbonyl (C=O) groups excluding carboxylic acids is 2. The number of carboxylic acid groups (broad SMARTS) is 1. The van der Waals surface area contributed by atoms with Gasteiger partial charge in [0.25, 0.3) is 5.91 Å². The van der Waals surface area contributed by atoms with E-state index in [9.17, 15) is 14.7 Å². The maximum atomic E-state index is 12.4. The van der Waals surface area contributed by atoms with E-state index in [1.54, 1.807) is 31.4 Å².